The van der Waals surface area contributed by atoms with Gasteiger partial charge in [-0.3, -0.25) is 9.63 Å². The van der Waals surface area contributed by atoms with E-state index in [1.807, 2.05) is 13.8 Å². The topological polar surface area (TPSA) is 53.3 Å². The number of rotatable bonds is 4. The Morgan fingerprint density at radius 3 is 2.69 bits per heavy atom. The van der Waals surface area contributed by atoms with Gasteiger partial charge < -0.3 is 0 Å². The molecule has 0 N–H and O–H groups in total. The lowest BCUT2D eigenvalue weighted by Gasteiger charge is -2.20. The zero-order valence-corrected chi connectivity index (χ0v) is 8.15. The summed E-state index contributed by atoms with van der Waals surface area (Å²) in [5, 5.41) is 9.42. The van der Waals surface area contributed by atoms with Crippen molar-refractivity contribution in [1.82, 2.24) is 5.06 Å². The fourth-order valence-corrected chi connectivity index (χ4v) is 0.728. The molecule has 4 nitrogen and oxygen atoms in total. The van der Waals surface area contributed by atoms with Crippen LogP contribution < -0.4 is 0 Å². The van der Waals surface area contributed by atoms with Crippen molar-refractivity contribution >= 4 is 5.91 Å². The first-order valence-corrected chi connectivity index (χ1v) is 4.16. The second-order valence-corrected chi connectivity index (χ2v) is 2.65. The molecule has 72 valence electrons. The van der Waals surface area contributed by atoms with Crippen molar-refractivity contribution in [3.8, 4) is 6.07 Å². The lowest BCUT2D eigenvalue weighted by molar-refractivity contribution is -0.194. The van der Waals surface area contributed by atoms with Gasteiger partial charge in [0.2, 0.25) is 0 Å². The quantitative estimate of drug-likeness (QED) is 0.373. The molecule has 0 aromatic rings. The van der Waals surface area contributed by atoms with Gasteiger partial charge in [-0.25, -0.2) is 5.06 Å². The lowest BCUT2D eigenvalue weighted by atomic mass is 10.4. The van der Waals surface area contributed by atoms with Gasteiger partial charge in [-0.05, 0) is 20.8 Å². The Bertz CT molecular complexity index is 228. The number of carbonyl (C=O) groups is 1. The molecule has 0 rings (SSSR count). The summed E-state index contributed by atoms with van der Waals surface area (Å²) in [5.74, 6) is -0.308. The highest BCUT2D eigenvalue weighted by molar-refractivity contribution is 5.87. The van der Waals surface area contributed by atoms with Crippen LogP contribution in [0.2, 0.25) is 0 Å². The number of allylic oxidation sites excluding steroid dienone is 1. The van der Waals surface area contributed by atoms with Gasteiger partial charge in [-0.15, -0.1) is 0 Å². The van der Waals surface area contributed by atoms with E-state index < -0.39 is 0 Å². The van der Waals surface area contributed by atoms with Crippen molar-refractivity contribution in [2.75, 3.05) is 6.54 Å². The molecule has 0 saturated carbocycles. The van der Waals surface area contributed by atoms with Gasteiger partial charge in [-0.1, -0.05) is 0 Å². The van der Waals surface area contributed by atoms with E-state index in [9.17, 15) is 4.79 Å². The van der Waals surface area contributed by atoms with Crippen molar-refractivity contribution in [1.29, 1.82) is 5.26 Å². The van der Waals surface area contributed by atoms with E-state index in [-0.39, 0.29) is 12.0 Å². The normalized spacial score (nSPS) is 10.4. The molecule has 0 aromatic heterocycles. The summed E-state index contributed by atoms with van der Waals surface area (Å²) in [4.78, 5) is 16.4. The van der Waals surface area contributed by atoms with Gasteiger partial charge in [0, 0.05) is 18.7 Å². The highest BCUT2D eigenvalue weighted by Crippen LogP contribution is 1.97. The molecule has 13 heavy (non-hydrogen) atoms. The predicted octanol–water partition coefficient (Wildman–Crippen LogP) is 1.25. The third-order valence-corrected chi connectivity index (χ3v) is 1.17. The van der Waals surface area contributed by atoms with Crippen LogP contribution in [0.1, 0.15) is 20.8 Å². The van der Waals surface area contributed by atoms with Crippen LogP contribution in [-0.4, -0.2) is 23.6 Å². The minimum absolute atomic E-state index is 0.0422. The van der Waals surface area contributed by atoms with E-state index in [0.29, 0.717) is 6.54 Å². The van der Waals surface area contributed by atoms with Crippen LogP contribution in [0.25, 0.3) is 0 Å². The minimum Gasteiger partial charge on any atom is -0.268 e. The third-order valence-electron chi connectivity index (χ3n) is 1.17. The Balaban J connectivity index is 4.17. The Kier molecular flexibility index (Phi) is 5.57. The molecule has 0 spiro atoms. The van der Waals surface area contributed by atoms with E-state index in [1.165, 1.54) is 11.1 Å². The molecule has 0 saturated heterocycles. The molecular formula is C9H14N2O2. The van der Waals surface area contributed by atoms with Crippen LogP contribution in [0.3, 0.4) is 0 Å². The molecule has 4 heteroatoms. The Morgan fingerprint density at radius 2 is 2.31 bits per heavy atom. The summed E-state index contributed by atoms with van der Waals surface area (Å²) in [6, 6.07) is 1.75. The molecule has 0 aliphatic rings. The number of hydroxylamine groups is 2. The molecule has 1 amide bonds. The molecule has 0 unspecified atom stereocenters. The van der Waals surface area contributed by atoms with E-state index in [2.05, 4.69) is 0 Å². The highest BCUT2D eigenvalue weighted by Gasteiger charge is 2.10. The summed E-state index contributed by atoms with van der Waals surface area (Å²) in [5.41, 5.74) is 0. The number of carbonyl (C=O) groups excluding carboxylic acids is 1. The number of nitrogens with zero attached hydrogens (tertiary/aromatic N) is 2. The molecule has 0 bridgehead atoms. The van der Waals surface area contributed by atoms with Crippen LogP contribution in [-0.2, 0) is 9.63 Å². The van der Waals surface area contributed by atoms with Gasteiger partial charge >= 0.3 is 0 Å². The van der Waals surface area contributed by atoms with Crippen LogP contribution in [0.5, 0.6) is 0 Å². The molecule has 0 fully saturated rings. The van der Waals surface area contributed by atoms with Crippen LogP contribution >= 0.6 is 0 Å². The summed E-state index contributed by atoms with van der Waals surface area (Å²) >= 11 is 0. The molecule has 0 aliphatic carbocycles. The summed E-state index contributed by atoms with van der Waals surface area (Å²) in [6.45, 7) is 5.95. The lowest BCUT2D eigenvalue weighted by Crippen LogP contribution is -2.32. The van der Waals surface area contributed by atoms with Crippen molar-refractivity contribution < 1.29 is 9.63 Å². The van der Waals surface area contributed by atoms with Crippen LogP contribution in [0, 0.1) is 11.3 Å². The first-order chi connectivity index (χ1) is 6.11. The number of hydrogen-bond acceptors (Lipinski definition) is 3. The van der Waals surface area contributed by atoms with Crippen molar-refractivity contribution in [3.63, 3.8) is 0 Å². The van der Waals surface area contributed by atoms with Crippen molar-refractivity contribution in [3.05, 3.63) is 12.2 Å². The fourth-order valence-electron chi connectivity index (χ4n) is 0.728. The van der Waals surface area contributed by atoms with E-state index in [4.69, 9.17) is 10.1 Å². The van der Waals surface area contributed by atoms with Crippen molar-refractivity contribution in [2.45, 2.75) is 26.9 Å². The first kappa shape index (κ1) is 11.7. The maximum absolute atomic E-state index is 11.2. The number of amides is 1. The van der Waals surface area contributed by atoms with E-state index in [1.54, 1.807) is 13.0 Å². The van der Waals surface area contributed by atoms with Gasteiger partial charge in [0.15, 0.2) is 0 Å². The molecule has 0 heterocycles. The summed E-state index contributed by atoms with van der Waals surface area (Å²) in [7, 11) is 0. The maximum Gasteiger partial charge on any atom is 0.270 e. The molecule has 0 aliphatic heterocycles. The van der Waals surface area contributed by atoms with Crippen LogP contribution in [0.4, 0.5) is 0 Å². The highest BCUT2D eigenvalue weighted by atomic mass is 16.7. The van der Waals surface area contributed by atoms with Crippen molar-refractivity contribution in [2.24, 2.45) is 0 Å². The maximum atomic E-state index is 11.2. The van der Waals surface area contributed by atoms with Gasteiger partial charge in [0.25, 0.3) is 5.91 Å². The third kappa shape index (κ3) is 4.99. The fraction of sp³-hybridized carbons (Fsp3) is 0.556. The van der Waals surface area contributed by atoms with Gasteiger partial charge in [0.1, 0.15) is 0 Å². The van der Waals surface area contributed by atoms with Gasteiger partial charge in [-0.2, -0.15) is 5.26 Å². The van der Waals surface area contributed by atoms with Crippen LogP contribution in [0.15, 0.2) is 12.2 Å². The number of nitriles is 1. The smallest absolute Gasteiger partial charge is 0.268 e. The monoisotopic (exact) mass is 182 g/mol. The average molecular weight is 182 g/mol. The largest absolute Gasteiger partial charge is 0.270 e. The Morgan fingerprint density at radius 1 is 1.69 bits per heavy atom. The summed E-state index contributed by atoms with van der Waals surface area (Å²) < 4.78 is 0. The molecule has 0 radical (unpaired) electrons. The zero-order valence-electron chi connectivity index (χ0n) is 8.15. The minimum atomic E-state index is -0.308. The Labute approximate surface area is 78.4 Å². The van der Waals surface area contributed by atoms with E-state index >= 15 is 0 Å². The molecular weight excluding hydrogens is 168 g/mol. The molecule has 0 aromatic carbocycles. The average Bonchev–Trinajstić information content (AvgIpc) is 2.09. The molecule has 0 atom stereocenters. The van der Waals surface area contributed by atoms with E-state index in [0.717, 1.165) is 6.08 Å². The second-order valence-electron chi connectivity index (χ2n) is 2.65. The SMILES string of the molecule is CCN(OC(C)C)C(=O)/C=C/C#N. The van der Waals surface area contributed by atoms with Gasteiger partial charge in [0.05, 0.1) is 12.2 Å². The number of hydrogen-bond donors (Lipinski definition) is 0. The predicted molar refractivity (Wildman–Crippen MR) is 48.4 cm³/mol. The first-order valence-electron chi connectivity index (χ1n) is 4.16. The second kappa shape index (κ2) is 6.21. The summed E-state index contributed by atoms with van der Waals surface area (Å²) in [6.07, 6.45) is 2.28. The standard InChI is InChI=1S/C9H14N2O2/c1-4-11(13-8(2)3)9(12)6-5-7-10/h5-6,8H,4H2,1-3H3/b6-5+. The number of likely N-dealkylation sites (N-methyl/N-ethyl adjacent to an activating group) is 1. The Hall–Kier alpha value is -1.34. The zero-order chi connectivity index (χ0) is 10.3.